The number of halogens is 1. The van der Waals surface area contributed by atoms with Gasteiger partial charge in [-0.1, -0.05) is 0 Å². The van der Waals surface area contributed by atoms with Crippen LogP contribution < -0.4 is 11.1 Å². The third kappa shape index (κ3) is 2.87. The second kappa shape index (κ2) is 5.19. The van der Waals surface area contributed by atoms with E-state index in [1.54, 1.807) is 24.3 Å². The van der Waals surface area contributed by atoms with Gasteiger partial charge in [-0.2, -0.15) is 5.26 Å². The molecule has 0 aromatic heterocycles. The number of carbonyl (C=O) groups is 1. The number of carbonyl (C=O) groups excluding carboxylic acids is 1. The van der Waals surface area contributed by atoms with E-state index in [1.807, 2.05) is 6.07 Å². The van der Waals surface area contributed by atoms with Crippen LogP contribution in [0.2, 0.25) is 0 Å². The highest BCUT2D eigenvalue weighted by Crippen LogP contribution is 2.17. The lowest BCUT2D eigenvalue weighted by molar-refractivity contribution is 0.102. The fourth-order valence-electron chi connectivity index (χ4n) is 1.52. The molecule has 2 aromatic rings. The number of hydrogen-bond donors (Lipinski definition) is 2. The van der Waals surface area contributed by atoms with Gasteiger partial charge in [-0.25, -0.2) is 4.39 Å². The second-order valence-electron chi connectivity index (χ2n) is 3.88. The summed E-state index contributed by atoms with van der Waals surface area (Å²) in [6.45, 7) is 0. The summed E-state index contributed by atoms with van der Waals surface area (Å²) in [4.78, 5) is 11.9. The molecule has 0 bridgehead atoms. The van der Waals surface area contributed by atoms with Crippen LogP contribution in [0.25, 0.3) is 0 Å². The van der Waals surface area contributed by atoms with Gasteiger partial charge < -0.3 is 11.1 Å². The van der Waals surface area contributed by atoms with Crippen LogP contribution in [-0.4, -0.2) is 5.91 Å². The van der Waals surface area contributed by atoms with Crippen molar-refractivity contribution in [3.63, 3.8) is 0 Å². The summed E-state index contributed by atoms with van der Waals surface area (Å²) in [5.41, 5.74) is 6.67. The Kier molecular flexibility index (Phi) is 3.44. The number of hydrogen-bond acceptors (Lipinski definition) is 3. The molecule has 3 N–H and O–H groups in total. The largest absolute Gasteiger partial charge is 0.396 e. The molecule has 0 saturated heterocycles. The standard InChI is InChI=1S/C14H10FN3O/c15-12-6-5-11(7-13(12)17)18-14(19)10-3-1-9(8-16)2-4-10/h1-7H,17H2,(H,18,19). The number of nitrogens with zero attached hydrogens (tertiary/aromatic N) is 1. The molecule has 0 saturated carbocycles. The zero-order chi connectivity index (χ0) is 13.8. The molecule has 1 amide bonds. The molecule has 0 heterocycles. The molecular formula is C14H10FN3O. The topological polar surface area (TPSA) is 78.9 Å². The molecule has 4 nitrogen and oxygen atoms in total. The van der Waals surface area contributed by atoms with E-state index >= 15 is 0 Å². The third-order valence-corrected chi connectivity index (χ3v) is 2.53. The minimum absolute atomic E-state index is 0.0300. The number of nitriles is 1. The molecule has 94 valence electrons. The van der Waals surface area contributed by atoms with Crippen LogP contribution in [0.4, 0.5) is 15.8 Å². The minimum atomic E-state index is -0.531. The van der Waals surface area contributed by atoms with E-state index in [9.17, 15) is 9.18 Å². The number of rotatable bonds is 2. The van der Waals surface area contributed by atoms with Crippen molar-refractivity contribution in [3.8, 4) is 6.07 Å². The molecule has 0 aliphatic rings. The number of nitrogens with two attached hydrogens (primary N) is 1. The molecule has 0 aliphatic heterocycles. The molecule has 0 atom stereocenters. The summed E-state index contributed by atoms with van der Waals surface area (Å²) in [5, 5.41) is 11.3. The monoisotopic (exact) mass is 255 g/mol. The molecule has 0 radical (unpaired) electrons. The lowest BCUT2D eigenvalue weighted by Gasteiger charge is -2.06. The van der Waals surface area contributed by atoms with E-state index in [2.05, 4.69) is 5.32 Å². The van der Waals surface area contributed by atoms with Crippen LogP contribution in [-0.2, 0) is 0 Å². The van der Waals surface area contributed by atoms with Crippen molar-refractivity contribution in [2.75, 3.05) is 11.1 Å². The lowest BCUT2D eigenvalue weighted by atomic mass is 10.1. The van der Waals surface area contributed by atoms with Crippen molar-refractivity contribution in [2.24, 2.45) is 0 Å². The van der Waals surface area contributed by atoms with Crippen molar-refractivity contribution >= 4 is 17.3 Å². The SMILES string of the molecule is N#Cc1ccc(C(=O)Nc2ccc(F)c(N)c2)cc1. The molecule has 2 aromatic carbocycles. The van der Waals surface area contributed by atoms with Gasteiger partial charge in [-0.3, -0.25) is 4.79 Å². The van der Waals surface area contributed by atoms with Crippen molar-refractivity contribution < 1.29 is 9.18 Å². The first-order valence-electron chi connectivity index (χ1n) is 5.46. The van der Waals surface area contributed by atoms with Gasteiger partial charge in [0.15, 0.2) is 0 Å². The van der Waals surface area contributed by atoms with E-state index in [0.29, 0.717) is 16.8 Å². The molecule has 5 heteroatoms. The highest BCUT2D eigenvalue weighted by Gasteiger charge is 2.07. The molecule has 0 unspecified atom stereocenters. The van der Waals surface area contributed by atoms with Crippen LogP contribution in [0.5, 0.6) is 0 Å². The Bertz CT molecular complexity index is 659. The van der Waals surface area contributed by atoms with Crippen LogP contribution in [0, 0.1) is 17.1 Å². The number of anilines is 2. The number of amides is 1. The molecule has 0 spiro atoms. The van der Waals surface area contributed by atoms with Gasteiger partial charge in [0.05, 0.1) is 17.3 Å². The van der Waals surface area contributed by atoms with E-state index in [-0.39, 0.29) is 11.6 Å². The second-order valence-corrected chi connectivity index (χ2v) is 3.88. The number of nitrogens with one attached hydrogen (secondary N) is 1. The predicted molar refractivity (Wildman–Crippen MR) is 69.9 cm³/mol. The minimum Gasteiger partial charge on any atom is -0.396 e. The molecule has 19 heavy (non-hydrogen) atoms. The number of benzene rings is 2. The molecular weight excluding hydrogens is 245 g/mol. The Morgan fingerprint density at radius 3 is 2.47 bits per heavy atom. The van der Waals surface area contributed by atoms with Gasteiger partial charge >= 0.3 is 0 Å². The van der Waals surface area contributed by atoms with Crippen molar-refractivity contribution in [1.82, 2.24) is 0 Å². The summed E-state index contributed by atoms with van der Waals surface area (Å²) >= 11 is 0. The van der Waals surface area contributed by atoms with Crippen molar-refractivity contribution in [2.45, 2.75) is 0 Å². The summed E-state index contributed by atoms with van der Waals surface area (Å²) in [7, 11) is 0. The summed E-state index contributed by atoms with van der Waals surface area (Å²) < 4.78 is 13.0. The van der Waals surface area contributed by atoms with Gasteiger partial charge in [0.25, 0.3) is 5.91 Å². The Labute approximate surface area is 109 Å². The van der Waals surface area contributed by atoms with Gasteiger partial charge in [-0.15, -0.1) is 0 Å². The van der Waals surface area contributed by atoms with Crippen LogP contribution >= 0.6 is 0 Å². The quantitative estimate of drug-likeness (QED) is 0.809. The van der Waals surface area contributed by atoms with Gasteiger partial charge in [0, 0.05) is 11.3 Å². The Morgan fingerprint density at radius 2 is 1.89 bits per heavy atom. The summed E-state index contributed by atoms with van der Waals surface area (Å²) in [6.07, 6.45) is 0. The molecule has 0 fully saturated rings. The van der Waals surface area contributed by atoms with E-state index < -0.39 is 5.82 Å². The lowest BCUT2D eigenvalue weighted by Crippen LogP contribution is -2.12. The smallest absolute Gasteiger partial charge is 0.255 e. The third-order valence-electron chi connectivity index (χ3n) is 2.53. The zero-order valence-corrected chi connectivity index (χ0v) is 9.85. The van der Waals surface area contributed by atoms with Crippen molar-refractivity contribution in [1.29, 1.82) is 5.26 Å². The summed E-state index contributed by atoms with van der Waals surface area (Å²) in [5.74, 6) is -0.883. The molecule has 0 aliphatic carbocycles. The van der Waals surface area contributed by atoms with E-state index in [1.165, 1.54) is 18.2 Å². The highest BCUT2D eigenvalue weighted by atomic mass is 19.1. The maximum Gasteiger partial charge on any atom is 0.255 e. The maximum absolute atomic E-state index is 13.0. The van der Waals surface area contributed by atoms with E-state index in [0.717, 1.165) is 0 Å². The highest BCUT2D eigenvalue weighted by molar-refractivity contribution is 6.04. The summed E-state index contributed by atoms with van der Waals surface area (Å²) in [6, 6.07) is 12.1. The average Bonchev–Trinajstić information content (AvgIpc) is 2.43. The van der Waals surface area contributed by atoms with Crippen LogP contribution in [0.1, 0.15) is 15.9 Å². The van der Waals surface area contributed by atoms with Crippen LogP contribution in [0.15, 0.2) is 42.5 Å². The first-order valence-corrected chi connectivity index (χ1v) is 5.46. The fourth-order valence-corrected chi connectivity index (χ4v) is 1.52. The normalized spacial score (nSPS) is 9.68. The average molecular weight is 255 g/mol. The van der Waals surface area contributed by atoms with Gasteiger partial charge in [-0.05, 0) is 42.5 Å². The Balaban J connectivity index is 2.16. The molecule has 2 rings (SSSR count). The Hall–Kier alpha value is -2.87. The van der Waals surface area contributed by atoms with Gasteiger partial charge in [0.1, 0.15) is 5.82 Å². The fraction of sp³-hybridized carbons (Fsp3) is 0. The number of nitrogen functional groups attached to an aromatic ring is 1. The zero-order valence-electron chi connectivity index (χ0n) is 9.85. The maximum atomic E-state index is 13.0. The first kappa shape index (κ1) is 12.6. The first-order chi connectivity index (χ1) is 9.10. The van der Waals surface area contributed by atoms with Crippen molar-refractivity contribution in [3.05, 3.63) is 59.4 Å². The Morgan fingerprint density at radius 1 is 1.21 bits per heavy atom. The van der Waals surface area contributed by atoms with Crippen LogP contribution in [0.3, 0.4) is 0 Å². The predicted octanol–water partition coefficient (Wildman–Crippen LogP) is 2.53. The van der Waals surface area contributed by atoms with E-state index in [4.69, 9.17) is 11.0 Å². The van der Waals surface area contributed by atoms with Gasteiger partial charge in [0.2, 0.25) is 0 Å².